The predicted octanol–water partition coefficient (Wildman–Crippen LogP) is 2.60. The fraction of sp³-hybridized carbons (Fsp3) is 0.500. The summed E-state index contributed by atoms with van der Waals surface area (Å²) in [5.74, 6) is 2.68. The summed E-state index contributed by atoms with van der Waals surface area (Å²) in [6.45, 7) is 7.31. The number of hydrogen-bond donors (Lipinski definition) is 1. The Balaban J connectivity index is 2.33. The highest BCUT2D eigenvalue weighted by Gasteiger charge is 2.17. The monoisotopic (exact) mass is 288 g/mol. The molecule has 0 aromatic carbocycles. The van der Waals surface area contributed by atoms with Crippen molar-refractivity contribution in [3.05, 3.63) is 40.5 Å². The van der Waals surface area contributed by atoms with E-state index in [-0.39, 0.29) is 0 Å². The molecule has 2 N–H and O–H groups in total. The minimum atomic E-state index is 0.475. The summed E-state index contributed by atoms with van der Waals surface area (Å²) in [4.78, 5) is 2.05. The lowest BCUT2D eigenvalue weighted by Gasteiger charge is -2.22. The topological polar surface area (TPSA) is 68.2 Å². The molecule has 0 amide bonds. The molecule has 0 aliphatic carbocycles. The van der Waals surface area contributed by atoms with E-state index in [0.29, 0.717) is 13.1 Å². The second-order valence-electron chi connectivity index (χ2n) is 5.21. The summed E-state index contributed by atoms with van der Waals surface area (Å²) < 4.78 is 5.63. The Kier molecular flexibility index (Phi) is 4.96. The Bertz CT molecular complexity index is 606. The first-order chi connectivity index (χ1) is 10.1. The lowest BCUT2D eigenvalue weighted by atomic mass is 10.0. The van der Waals surface area contributed by atoms with E-state index < -0.39 is 0 Å². The maximum Gasteiger partial charge on any atom is 0.156 e. The number of nitrogens with zero attached hydrogens (tertiary/aromatic N) is 3. The third-order valence-corrected chi connectivity index (χ3v) is 3.69. The van der Waals surface area contributed by atoms with Crippen molar-refractivity contribution in [2.24, 2.45) is 5.73 Å². The van der Waals surface area contributed by atoms with Crippen LogP contribution in [0.3, 0.4) is 0 Å². The summed E-state index contributed by atoms with van der Waals surface area (Å²) in [6, 6.07) is 3.96. The van der Waals surface area contributed by atoms with E-state index in [0.717, 1.165) is 41.4 Å². The largest absolute Gasteiger partial charge is 0.464 e. The second-order valence-corrected chi connectivity index (χ2v) is 5.21. The molecule has 0 fully saturated rings. The molecule has 2 heterocycles. The number of anilines is 1. The molecule has 0 saturated heterocycles. The molecule has 0 bridgehead atoms. The molecule has 114 valence electrons. The van der Waals surface area contributed by atoms with Gasteiger partial charge in [0.25, 0.3) is 0 Å². The standard InChI is InChI=1S/C16H24N4O/c1-5-13-14(9-17)16(19-18-15(13)6-2)20(4)10-12-8-7-11(3)21-12/h7-8H,5-6,9-10,17H2,1-4H3. The Labute approximate surface area is 126 Å². The van der Waals surface area contributed by atoms with Gasteiger partial charge in [0.1, 0.15) is 11.5 Å². The van der Waals surface area contributed by atoms with Gasteiger partial charge in [-0.2, -0.15) is 5.10 Å². The van der Waals surface area contributed by atoms with Gasteiger partial charge in [-0.1, -0.05) is 13.8 Å². The van der Waals surface area contributed by atoms with Crippen molar-refractivity contribution in [2.45, 2.75) is 46.7 Å². The van der Waals surface area contributed by atoms with E-state index in [2.05, 4.69) is 24.0 Å². The van der Waals surface area contributed by atoms with Crippen LogP contribution in [0.2, 0.25) is 0 Å². The van der Waals surface area contributed by atoms with E-state index >= 15 is 0 Å². The molecule has 2 rings (SSSR count). The maximum absolute atomic E-state index is 5.97. The maximum atomic E-state index is 5.97. The van der Waals surface area contributed by atoms with Crippen LogP contribution in [0.4, 0.5) is 5.82 Å². The van der Waals surface area contributed by atoms with Gasteiger partial charge in [0, 0.05) is 19.2 Å². The van der Waals surface area contributed by atoms with Gasteiger partial charge in [0.2, 0.25) is 0 Å². The molecule has 0 atom stereocenters. The minimum absolute atomic E-state index is 0.475. The minimum Gasteiger partial charge on any atom is -0.464 e. The highest BCUT2D eigenvalue weighted by Crippen LogP contribution is 2.24. The fourth-order valence-corrected chi connectivity index (χ4v) is 2.64. The third-order valence-electron chi connectivity index (χ3n) is 3.69. The van der Waals surface area contributed by atoms with Crippen LogP contribution in [0, 0.1) is 6.92 Å². The molecule has 0 radical (unpaired) electrons. The van der Waals surface area contributed by atoms with Crippen molar-refractivity contribution >= 4 is 5.82 Å². The number of hydrogen-bond acceptors (Lipinski definition) is 5. The Morgan fingerprint density at radius 2 is 1.90 bits per heavy atom. The van der Waals surface area contributed by atoms with Crippen LogP contribution in [-0.4, -0.2) is 17.2 Å². The molecular formula is C16H24N4O. The zero-order chi connectivity index (χ0) is 15.4. The summed E-state index contributed by atoms with van der Waals surface area (Å²) in [7, 11) is 1.99. The van der Waals surface area contributed by atoms with Crippen molar-refractivity contribution in [1.29, 1.82) is 0 Å². The van der Waals surface area contributed by atoms with Crippen molar-refractivity contribution < 1.29 is 4.42 Å². The molecule has 2 aromatic rings. The zero-order valence-corrected chi connectivity index (χ0v) is 13.3. The van der Waals surface area contributed by atoms with Crippen LogP contribution in [0.15, 0.2) is 16.5 Å². The summed E-state index contributed by atoms with van der Waals surface area (Å²) in [5.41, 5.74) is 9.34. The molecule has 0 aliphatic rings. The highest BCUT2D eigenvalue weighted by atomic mass is 16.3. The van der Waals surface area contributed by atoms with E-state index in [1.165, 1.54) is 5.56 Å². The first-order valence-electron chi connectivity index (χ1n) is 7.44. The molecule has 0 saturated carbocycles. The number of aromatic nitrogens is 2. The van der Waals surface area contributed by atoms with Gasteiger partial charge in [0.05, 0.1) is 12.2 Å². The summed E-state index contributed by atoms with van der Waals surface area (Å²) in [5, 5.41) is 8.75. The van der Waals surface area contributed by atoms with Crippen LogP contribution in [0.1, 0.15) is 42.2 Å². The van der Waals surface area contributed by atoms with E-state index in [9.17, 15) is 0 Å². The molecule has 2 aromatic heterocycles. The second kappa shape index (κ2) is 6.72. The van der Waals surface area contributed by atoms with Gasteiger partial charge in [0.15, 0.2) is 5.82 Å². The van der Waals surface area contributed by atoms with Crippen LogP contribution in [0.5, 0.6) is 0 Å². The van der Waals surface area contributed by atoms with Gasteiger partial charge < -0.3 is 15.1 Å². The number of furan rings is 1. The fourth-order valence-electron chi connectivity index (χ4n) is 2.64. The smallest absolute Gasteiger partial charge is 0.156 e. The third kappa shape index (κ3) is 3.24. The van der Waals surface area contributed by atoms with E-state index in [1.807, 2.05) is 31.0 Å². The lowest BCUT2D eigenvalue weighted by Crippen LogP contribution is -2.22. The van der Waals surface area contributed by atoms with Crippen LogP contribution >= 0.6 is 0 Å². The normalized spacial score (nSPS) is 10.9. The first kappa shape index (κ1) is 15.5. The molecule has 0 unspecified atom stereocenters. The Morgan fingerprint density at radius 3 is 2.43 bits per heavy atom. The lowest BCUT2D eigenvalue weighted by molar-refractivity contribution is 0.480. The average molecular weight is 288 g/mol. The number of aryl methyl sites for hydroxylation is 2. The number of rotatable bonds is 6. The van der Waals surface area contributed by atoms with Crippen LogP contribution in [0.25, 0.3) is 0 Å². The van der Waals surface area contributed by atoms with Crippen molar-refractivity contribution in [1.82, 2.24) is 10.2 Å². The van der Waals surface area contributed by atoms with Crippen molar-refractivity contribution in [2.75, 3.05) is 11.9 Å². The molecular weight excluding hydrogens is 264 g/mol. The average Bonchev–Trinajstić information content (AvgIpc) is 2.90. The Hall–Kier alpha value is -1.88. The predicted molar refractivity (Wildman–Crippen MR) is 84.2 cm³/mol. The highest BCUT2D eigenvalue weighted by molar-refractivity contribution is 5.51. The number of nitrogens with two attached hydrogens (primary N) is 1. The van der Waals surface area contributed by atoms with Gasteiger partial charge >= 0.3 is 0 Å². The molecule has 0 aliphatic heterocycles. The van der Waals surface area contributed by atoms with Crippen LogP contribution < -0.4 is 10.6 Å². The van der Waals surface area contributed by atoms with Crippen molar-refractivity contribution in [3.8, 4) is 0 Å². The van der Waals surface area contributed by atoms with E-state index in [1.54, 1.807) is 0 Å². The van der Waals surface area contributed by atoms with Gasteiger partial charge in [-0.15, -0.1) is 5.10 Å². The van der Waals surface area contributed by atoms with Gasteiger partial charge in [-0.05, 0) is 37.5 Å². The first-order valence-corrected chi connectivity index (χ1v) is 7.44. The molecule has 5 nitrogen and oxygen atoms in total. The zero-order valence-electron chi connectivity index (χ0n) is 13.3. The van der Waals surface area contributed by atoms with Gasteiger partial charge in [-0.25, -0.2) is 0 Å². The summed E-state index contributed by atoms with van der Waals surface area (Å²) >= 11 is 0. The quantitative estimate of drug-likeness (QED) is 0.885. The van der Waals surface area contributed by atoms with Crippen molar-refractivity contribution in [3.63, 3.8) is 0 Å². The molecule has 5 heteroatoms. The summed E-state index contributed by atoms with van der Waals surface area (Å²) in [6.07, 6.45) is 1.80. The van der Waals surface area contributed by atoms with E-state index in [4.69, 9.17) is 10.2 Å². The van der Waals surface area contributed by atoms with Gasteiger partial charge in [-0.3, -0.25) is 0 Å². The van der Waals surface area contributed by atoms with Crippen LogP contribution in [-0.2, 0) is 25.9 Å². The molecule has 0 spiro atoms. The molecule has 21 heavy (non-hydrogen) atoms. The Morgan fingerprint density at radius 1 is 1.14 bits per heavy atom. The SMILES string of the molecule is CCc1nnc(N(C)Cc2ccc(C)o2)c(CN)c1CC.